The molecule has 4 rings (SSSR count). The third-order valence-corrected chi connectivity index (χ3v) is 5.71. The van der Waals surface area contributed by atoms with Gasteiger partial charge in [-0.1, -0.05) is 18.5 Å². The van der Waals surface area contributed by atoms with E-state index in [0.29, 0.717) is 15.9 Å². The number of ether oxygens (including phenoxy) is 1. The molecule has 9 heteroatoms. The van der Waals surface area contributed by atoms with Crippen molar-refractivity contribution in [3.8, 4) is 11.4 Å². The summed E-state index contributed by atoms with van der Waals surface area (Å²) in [6.07, 6.45) is 5.25. The van der Waals surface area contributed by atoms with Crippen LogP contribution in [-0.4, -0.2) is 38.6 Å². The zero-order chi connectivity index (χ0) is 20.5. The molecule has 2 aliphatic heterocycles. The van der Waals surface area contributed by atoms with Crippen LogP contribution < -0.4 is 4.74 Å². The lowest BCUT2D eigenvalue weighted by molar-refractivity contribution is -0.114. The van der Waals surface area contributed by atoms with E-state index in [1.807, 2.05) is 29.0 Å². The molecule has 0 saturated carbocycles. The van der Waals surface area contributed by atoms with Gasteiger partial charge in [-0.2, -0.15) is 15.1 Å². The zero-order valence-electron chi connectivity index (χ0n) is 15.8. The number of hydrazone groups is 1. The van der Waals surface area contributed by atoms with Gasteiger partial charge in [0.05, 0.1) is 17.7 Å². The number of fused-ring (bicyclic) bond motifs is 1. The number of aromatic nitrogens is 1. The van der Waals surface area contributed by atoms with Gasteiger partial charge in [-0.3, -0.25) is 10.2 Å². The fourth-order valence-electron chi connectivity index (χ4n) is 3.05. The van der Waals surface area contributed by atoms with E-state index in [1.54, 1.807) is 25.3 Å². The molecule has 0 unspecified atom stereocenters. The standard InChI is InChI=1S/C20H18ClN5O2S/c1-3-5-17-24-26-18(22)14(19(27)23-20(26)29-17)10-12-6-4-9-25(12)13-7-8-16(28-2)15(21)11-13/h4,6-11,22H,3,5H2,1-2H3/b14-10+,22-18?. The second-order valence-electron chi connectivity index (χ2n) is 6.39. The highest BCUT2D eigenvalue weighted by molar-refractivity contribution is 8.26. The lowest BCUT2D eigenvalue weighted by Crippen LogP contribution is -2.35. The summed E-state index contributed by atoms with van der Waals surface area (Å²) in [5, 5.41) is 16.1. The molecule has 2 aliphatic rings. The second-order valence-corrected chi connectivity index (χ2v) is 7.83. The number of benzene rings is 1. The van der Waals surface area contributed by atoms with Crippen LogP contribution in [0.5, 0.6) is 5.75 Å². The molecule has 2 aromatic rings. The molecule has 3 heterocycles. The SMILES string of the molecule is CCCC1=NN2C(=N)/C(=C\c3cccn3-c3ccc(OC)c(Cl)c3)C(=O)N=C2S1. The van der Waals surface area contributed by atoms with E-state index in [0.717, 1.165) is 29.3 Å². The Bertz CT molecular complexity index is 1100. The number of halogens is 1. The van der Waals surface area contributed by atoms with Crippen LogP contribution >= 0.6 is 23.4 Å². The van der Waals surface area contributed by atoms with E-state index >= 15 is 0 Å². The first-order valence-electron chi connectivity index (χ1n) is 9.02. The fourth-order valence-corrected chi connectivity index (χ4v) is 4.28. The first-order chi connectivity index (χ1) is 14.0. The zero-order valence-corrected chi connectivity index (χ0v) is 17.4. The maximum Gasteiger partial charge on any atom is 0.283 e. The van der Waals surface area contributed by atoms with Crippen LogP contribution in [-0.2, 0) is 4.79 Å². The minimum absolute atomic E-state index is 0.0270. The monoisotopic (exact) mass is 427 g/mol. The van der Waals surface area contributed by atoms with Gasteiger partial charge < -0.3 is 9.30 Å². The maximum absolute atomic E-state index is 12.6. The summed E-state index contributed by atoms with van der Waals surface area (Å²) in [4.78, 5) is 16.7. The second kappa shape index (κ2) is 7.88. The van der Waals surface area contributed by atoms with E-state index in [4.69, 9.17) is 21.7 Å². The van der Waals surface area contributed by atoms with Crippen LogP contribution in [0.4, 0.5) is 0 Å². The topological polar surface area (TPSA) is 83.0 Å². The van der Waals surface area contributed by atoms with Crippen LogP contribution in [0.2, 0.25) is 5.02 Å². The number of nitrogens with zero attached hydrogens (tertiary/aromatic N) is 4. The number of hydrogen-bond acceptors (Lipinski definition) is 5. The van der Waals surface area contributed by atoms with Crippen LogP contribution in [0.15, 0.2) is 52.2 Å². The van der Waals surface area contributed by atoms with Gasteiger partial charge in [-0.25, -0.2) is 0 Å². The quantitative estimate of drug-likeness (QED) is 0.709. The van der Waals surface area contributed by atoms with E-state index in [9.17, 15) is 4.79 Å². The Morgan fingerprint density at radius 2 is 2.17 bits per heavy atom. The highest BCUT2D eigenvalue weighted by Crippen LogP contribution is 2.31. The molecule has 7 nitrogen and oxygen atoms in total. The van der Waals surface area contributed by atoms with Crippen LogP contribution in [0.3, 0.4) is 0 Å². The van der Waals surface area contributed by atoms with Crippen molar-refractivity contribution in [2.75, 3.05) is 7.11 Å². The third kappa shape index (κ3) is 3.61. The largest absolute Gasteiger partial charge is 0.495 e. The molecule has 1 aromatic carbocycles. The summed E-state index contributed by atoms with van der Waals surface area (Å²) in [6, 6.07) is 9.15. The number of methoxy groups -OCH3 is 1. The smallest absolute Gasteiger partial charge is 0.283 e. The average molecular weight is 428 g/mol. The van der Waals surface area contributed by atoms with E-state index < -0.39 is 5.91 Å². The Morgan fingerprint density at radius 1 is 1.34 bits per heavy atom. The van der Waals surface area contributed by atoms with Gasteiger partial charge in [0, 0.05) is 17.6 Å². The number of amides is 1. The Hall–Kier alpha value is -2.84. The molecular weight excluding hydrogens is 410 g/mol. The first-order valence-corrected chi connectivity index (χ1v) is 10.2. The van der Waals surface area contributed by atoms with Crippen molar-refractivity contribution in [3.63, 3.8) is 0 Å². The third-order valence-electron chi connectivity index (χ3n) is 4.45. The highest BCUT2D eigenvalue weighted by Gasteiger charge is 2.35. The molecule has 0 atom stereocenters. The van der Waals surface area contributed by atoms with Gasteiger partial charge in [0.25, 0.3) is 5.91 Å². The van der Waals surface area contributed by atoms with Gasteiger partial charge in [-0.05, 0) is 61.0 Å². The number of rotatable bonds is 5. The molecule has 0 spiro atoms. The van der Waals surface area contributed by atoms with Crippen molar-refractivity contribution in [3.05, 3.63) is 52.8 Å². The molecular formula is C20H18ClN5O2S. The van der Waals surface area contributed by atoms with Gasteiger partial charge in [0.15, 0.2) is 5.84 Å². The molecule has 0 bridgehead atoms. The van der Waals surface area contributed by atoms with E-state index in [1.165, 1.54) is 16.8 Å². The highest BCUT2D eigenvalue weighted by atomic mass is 35.5. The van der Waals surface area contributed by atoms with E-state index in [2.05, 4.69) is 17.0 Å². The maximum atomic E-state index is 12.6. The summed E-state index contributed by atoms with van der Waals surface area (Å²) in [5.74, 6) is 0.169. The Labute approximate surface area is 177 Å². The minimum atomic E-state index is -0.442. The summed E-state index contributed by atoms with van der Waals surface area (Å²) < 4.78 is 7.08. The molecule has 1 amide bonds. The predicted molar refractivity (Wildman–Crippen MR) is 117 cm³/mol. The number of aliphatic imine (C=N–C) groups is 1. The molecule has 29 heavy (non-hydrogen) atoms. The number of nitrogens with one attached hydrogen (secondary N) is 1. The predicted octanol–water partition coefficient (Wildman–Crippen LogP) is 4.56. The van der Waals surface area contributed by atoms with Crippen LogP contribution in [0, 0.1) is 5.41 Å². The Balaban J connectivity index is 1.70. The van der Waals surface area contributed by atoms with Crippen LogP contribution in [0.25, 0.3) is 11.8 Å². The van der Waals surface area contributed by atoms with Crippen molar-refractivity contribution in [2.45, 2.75) is 19.8 Å². The van der Waals surface area contributed by atoms with Crippen molar-refractivity contribution in [2.24, 2.45) is 10.1 Å². The average Bonchev–Trinajstić information content (AvgIpc) is 3.32. The fraction of sp³-hybridized carbons (Fsp3) is 0.200. The molecule has 0 saturated heterocycles. The van der Waals surface area contributed by atoms with E-state index in [-0.39, 0.29) is 11.4 Å². The van der Waals surface area contributed by atoms with Gasteiger partial charge in [0.1, 0.15) is 10.8 Å². The van der Waals surface area contributed by atoms with Crippen LogP contribution in [0.1, 0.15) is 25.5 Å². The van der Waals surface area contributed by atoms with Crippen molar-refractivity contribution in [1.29, 1.82) is 5.41 Å². The molecule has 1 N–H and O–H groups in total. The summed E-state index contributed by atoms with van der Waals surface area (Å²) in [7, 11) is 1.56. The molecule has 0 radical (unpaired) electrons. The Kier molecular flexibility index (Phi) is 5.29. The molecule has 148 valence electrons. The Morgan fingerprint density at radius 3 is 2.90 bits per heavy atom. The van der Waals surface area contributed by atoms with Crippen molar-refractivity contribution < 1.29 is 9.53 Å². The summed E-state index contributed by atoms with van der Waals surface area (Å²) >= 11 is 7.60. The number of carbonyl (C=O) groups excluding carboxylic acids is 1. The van der Waals surface area contributed by atoms with Gasteiger partial charge in [-0.15, -0.1) is 0 Å². The molecule has 0 fully saturated rings. The summed E-state index contributed by atoms with van der Waals surface area (Å²) in [5.41, 5.74) is 1.73. The number of thioether (sulfide) groups is 1. The normalized spacial score (nSPS) is 17.5. The number of hydrogen-bond donors (Lipinski definition) is 1. The summed E-state index contributed by atoms with van der Waals surface area (Å²) in [6.45, 7) is 2.06. The van der Waals surface area contributed by atoms with Crippen molar-refractivity contribution >= 4 is 51.4 Å². The number of amidine groups is 2. The lowest BCUT2D eigenvalue weighted by atomic mass is 10.1. The minimum Gasteiger partial charge on any atom is -0.495 e. The van der Waals surface area contributed by atoms with Gasteiger partial charge in [0.2, 0.25) is 5.17 Å². The van der Waals surface area contributed by atoms with Crippen molar-refractivity contribution in [1.82, 2.24) is 9.58 Å². The van der Waals surface area contributed by atoms with Gasteiger partial charge >= 0.3 is 0 Å². The molecule has 1 aromatic heterocycles. The number of carbonyl (C=O) groups is 1. The molecule has 0 aliphatic carbocycles. The lowest BCUT2D eigenvalue weighted by Gasteiger charge is -2.20. The first kappa shape index (κ1) is 19.5.